The van der Waals surface area contributed by atoms with Gasteiger partial charge in [0.2, 0.25) is 0 Å². The fourth-order valence-electron chi connectivity index (χ4n) is 1.56. The standard InChI is InChI=1S/C12H18ClNS/c1-3-12(14-7-8-15-2)10-5-4-6-11(13)9-10/h4-6,9,12,14H,3,7-8H2,1-2H3. The molecular weight excluding hydrogens is 226 g/mol. The molecule has 0 aliphatic rings. The highest BCUT2D eigenvalue weighted by Crippen LogP contribution is 2.20. The van der Waals surface area contributed by atoms with Crippen molar-refractivity contribution in [2.75, 3.05) is 18.6 Å². The van der Waals surface area contributed by atoms with Crippen LogP contribution in [0.25, 0.3) is 0 Å². The highest BCUT2D eigenvalue weighted by molar-refractivity contribution is 7.98. The van der Waals surface area contributed by atoms with Crippen LogP contribution in [0.1, 0.15) is 24.9 Å². The number of hydrogen-bond donors (Lipinski definition) is 1. The zero-order valence-corrected chi connectivity index (χ0v) is 10.9. The summed E-state index contributed by atoms with van der Waals surface area (Å²) in [6, 6.07) is 8.53. The van der Waals surface area contributed by atoms with Crippen molar-refractivity contribution in [3.8, 4) is 0 Å². The number of hydrogen-bond acceptors (Lipinski definition) is 2. The Labute approximate surface area is 102 Å². The van der Waals surface area contributed by atoms with Gasteiger partial charge in [-0.2, -0.15) is 11.8 Å². The second-order valence-electron chi connectivity index (χ2n) is 3.46. The Morgan fingerprint density at radius 1 is 1.47 bits per heavy atom. The average Bonchev–Trinajstić information content (AvgIpc) is 2.24. The quantitative estimate of drug-likeness (QED) is 0.764. The second-order valence-corrected chi connectivity index (χ2v) is 4.88. The molecular formula is C12H18ClNS. The molecule has 1 aromatic carbocycles. The van der Waals surface area contributed by atoms with Crippen molar-refractivity contribution < 1.29 is 0 Å². The SMILES string of the molecule is CCC(NCCSC)c1cccc(Cl)c1. The molecule has 0 aliphatic carbocycles. The predicted molar refractivity (Wildman–Crippen MR) is 70.9 cm³/mol. The summed E-state index contributed by atoms with van der Waals surface area (Å²) in [5, 5.41) is 4.35. The van der Waals surface area contributed by atoms with Crippen molar-refractivity contribution in [2.45, 2.75) is 19.4 Å². The molecule has 0 bridgehead atoms. The van der Waals surface area contributed by atoms with E-state index in [1.807, 2.05) is 30.0 Å². The first kappa shape index (κ1) is 12.9. The highest BCUT2D eigenvalue weighted by Gasteiger charge is 2.07. The molecule has 1 aromatic rings. The van der Waals surface area contributed by atoms with E-state index in [0.29, 0.717) is 6.04 Å². The topological polar surface area (TPSA) is 12.0 Å². The van der Waals surface area contributed by atoms with Gasteiger partial charge in [-0.1, -0.05) is 30.7 Å². The Bertz CT molecular complexity index is 291. The largest absolute Gasteiger partial charge is 0.309 e. The summed E-state index contributed by atoms with van der Waals surface area (Å²) in [4.78, 5) is 0. The van der Waals surface area contributed by atoms with Crippen molar-refractivity contribution in [3.63, 3.8) is 0 Å². The van der Waals surface area contributed by atoms with Crippen molar-refractivity contribution in [1.29, 1.82) is 0 Å². The molecule has 0 saturated carbocycles. The lowest BCUT2D eigenvalue weighted by Gasteiger charge is -2.17. The van der Waals surface area contributed by atoms with Gasteiger partial charge in [0.05, 0.1) is 0 Å². The normalized spacial score (nSPS) is 12.7. The summed E-state index contributed by atoms with van der Waals surface area (Å²) in [6.45, 7) is 3.24. The van der Waals surface area contributed by atoms with Crippen LogP contribution in [0.15, 0.2) is 24.3 Å². The molecule has 1 rings (SSSR count). The van der Waals surface area contributed by atoms with Gasteiger partial charge in [-0.25, -0.2) is 0 Å². The Hall–Kier alpha value is -0.180. The Morgan fingerprint density at radius 3 is 2.87 bits per heavy atom. The third-order valence-corrected chi connectivity index (χ3v) is 3.20. The smallest absolute Gasteiger partial charge is 0.0409 e. The maximum atomic E-state index is 5.98. The van der Waals surface area contributed by atoms with Crippen LogP contribution in [0, 0.1) is 0 Å². The van der Waals surface area contributed by atoms with Crippen LogP contribution < -0.4 is 5.32 Å². The predicted octanol–water partition coefficient (Wildman–Crippen LogP) is 3.74. The van der Waals surface area contributed by atoms with E-state index in [1.165, 1.54) is 5.56 Å². The summed E-state index contributed by atoms with van der Waals surface area (Å²) in [5.41, 5.74) is 1.28. The summed E-state index contributed by atoms with van der Waals surface area (Å²) in [6.07, 6.45) is 3.22. The molecule has 0 fully saturated rings. The van der Waals surface area contributed by atoms with Gasteiger partial charge in [0.15, 0.2) is 0 Å². The van der Waals surface area contributed by atoms with Gasteiger partial charge in [-0.3, -0.25) is 0 Å². The van der Waals surface area contributed by atoms with Gasteiger partial charge in [0.25, 0.3) is 0 Å². The molecule has 0 radical (unpaired) electrons. The molecule has 1 N–H and O–H groups in total. The van der Waals surface area contributed by atoms with Gasteiger partial charge in [0, 0.05) is 23.4 Å². The van der Waals surface area contributed by atoms with E-state index in [0.717, 1.165) is 23.7 Å². The molecule has 0 amide bonds. The molecule has 1 unspecified atom stereocenters. The summed E-state index contributed by atoms with van der Waals surface area (Å²) < 4.78 is 0. The van der Waals surface area contributed by atoms with Gasteiger partial charge in [0.1, 0.15) is 0 Å². The average molecular weight is 244 g/mol. The van der Waals surface area contributed by atoms with Gasteiger partial charge in [-0.15, -0.1) is 0 Å². The maximum Gasteiger partial charge on any atom is 0.0409 e. The molecule has 3 heteroatoms. The monoisotopic (exact) mass is 243 g/mol. The molecule has 84 valence electrons. The fraction of sp³-hybridized carbons (Fsp3) is 0.500. The van der Waals surface area contributed by atoms with Crippen LogP contribution in [-0.4, -0.2) is 18.6 Å². The van der Waals surface area contributed by atoms with Crippen LogP contribution >= 0.6 is 23.4 Å². The first-order valence-electron chi connectivity index (χ1n) is 5.25. The molecule has 0 heterocycles. The number of halogens is 1. The highest BCUT2D eigenvalue weighted by atomic mass is 35.5. The van der Waals surface area contributed by atoms with Gasteiger partial charge < -0.3 is 5.32 Å². The van der Waals surface area contributed by atoms with Crippen molar-refractivity contribution >= 4 is 23.4 Å². The van der Waals surface area contributed by atoms with Crippen LogP contribution in [-0.2, 0) is 0 Å². The molecule has 0 saturated heterocycles. The first-order chi connectivity index (χ1) is 7.27. The van der Waals surface area contributed by atoms with E-state index >= 15 is 0 Å². The van der Waals surface area contributed by atoms with E-state index in [2.05, 4.69) is 24.6 Å². The summed E-state index contributed by atoms with van der Waals surface area (Å²) in [7, 11) is 0. The number of rotatable bonds is 6. The lowest BCUT2D eigenvalue weighted by atomic mass is 10.0. The third-order valence-electron chi connectivity index (χ3n) is 2.36. The van der Waals surface area contributed by atoms with E-state index in [-0.39, 0.29) is 0 Å². The van der Waals surface area contributed by atoms with Crippen molar-refractivity contribution in [3.05, 3.63) is 34.9 Å². The van der Waals surface area contributed by atoms with Crippen molar-refractivity contribution in [2.24, 2.45) is 0 Å². The minimum absolute atomic E-state index is 0.427. The van der Waals surface area contributed by atoms with E-state index in [4.69, 9.17) is 11.6 Å². The zero-order valence-electron chi connectivity index (χ0n) is 9.29. The fourth-order valence-corrected chi connectivity index (χ4v) is 2.08. The van der Waals surface area contributed by atoms with Crippen LogP contribution in [0.4, 0.5) is 0 Å². The summed E-state index contributed by atoms with van der Waals surface area (Å²) in [5.74, 6) is 1.15. The lowest BCUT2D eigenvalue weighted by molar-refractivity contribution is 0.540. The molecule has 0 aromatic heterocycles. The lowest BCUT2D eigenvalue weighted by Crippen LogP contribution is -2.23. The summed E-state index contributed by atoms with van der Waals surface area (Å²) >= 11 is 7.84. The number of benzene rings is 1. The second kappa shape index (κ2) is 7.15. The molecule has 0 aliphatic heterocycles. The molecule has 15 heavy (non-hydrogen) atoms. The molecule has 1 nitrogen and oxygen atoms in total. The van der Waals surface area contributed by atoms with E-state index in [9.17, 15) is 0 Å². The van der Waals surface area contributed by atoms with E-state index in [1.54, 1.807) is 0 Å². The zero-order chi connectivity index (χ0) is 11.1. The number of nitrogens with one attached hydrogen (secondary N) is 1. The van der Waals surface area contributed by atoms with Crippen LogP contribution in [0.5, 0.6) is 0 Å². The maximum absolute atomic E-state index is 5.98. The van der Waals surface area contributed by atoms with Crippen LogP contribution in [0.2, 0.25) is 5.02 Å². The van der Waals surface area contributed by atoms with Gasteiger partial charge >= 0.3 is 0 Å². The minimum Gasteiger partial charge on any atom is -0.309 e. The van der Waals surface area contributed by atoms with E-state index < -0.39 is 0 Å². The Morgan fingerprint density at radius 2 is 2.27 bits per heavy atom. The number of thioether (sulfide) groups is 1. The molecule has 1 atom stereocenters. The third kappa shape index (κ3) is 4.45. The molecule has 0 spiro atoms. The first-order valence-corrected chi connectivity index (χ1v) is 7.03. The minimum atomic E-state index is 0.427. The van der Waals surface area contributed by atoms with Crippen molar-refractivity contribution in [1.82, 2.24) is 5.32 Å². The Balaban J connectivity index is 2.57. The van der Waals surface area contributed by atoms with Gasteiger partial charge in [-0.05, 0) is 30.4 Å². The Kier molecular flexibility index (Phi) is 6.15. The van der Waals surface area contributed by atoms with Crippen LogP contribution in [0.3, 0.4) is 0 Å².